The molecule has 0 bridgehead atoms. The Morgan fingerprint density at radius 2 is 1.79 bits per heavy atom. The molecule has 14 heavy (non-hydrogen) atoms. The quantitative estimate of drug-likeness (QED) is 0.649. The maximum absolute atomic E-state index is 11.8. The first-order valence-corrected chi connectivity index (χ1v) is 4.36. The van der Waals surface area contributed by atoms with Gasteiger partial charge in [-0.3, -0.25) is 4.79 Å². The Morgan fingerprint density at radius 1 is 1.00 bits per heavy atom. The second-order valence-corrected chi connectivity index (χ2v) is 2.90. The van der Waals surface area contributed by atoms with E-state index >= 15 is 0 Å². The Bertz CT molecular complexity index is 376. The minimum absolute atomic E-state index is 0.0116. The number of carbonyl (C=O) groups excluding carboxylic acids is 1. The standard InChI is InChI=1S/C13H8O/c14-13(11-7-3-1-4-8-11)12-9-5-2-6-10-12/h1-5,7-9H. The molecular weight excluding hydrogens is 172 g/mol. The van der Waals surface area contributed by atoms with E-state index in [1.165, 1.54) is 0 Å². The Morgan fingerprint density at radius 3 is 2.43 bits per heavy atom. The molecule has 66 valence electrons. The first-order chi connectivity index (χ1) is 6.88. The summed E-state index contributed by atoms with van der Waals surface area (Å²) in [5, 5.41) is 0. The van der Waals surface area contributed by atoms with Crippen LogP contribution in [-0.2, 0) is 0 Å². The van der Waals surface area contributed by atoms with Crippen LogP contribution in [-0.4, -0.2) is 5.78 Å². The Kier molecular flexibility index (Phi) is 2.29. The molecule has 0 saturated carbocycles. The summed E-state index contributed by atoms with van der Waals surface area (Å²) in [6, 6.07) is 20.0. The van der Waals surface area contributed by atoms with Crippen LogP contribution >= 0.6 is 0 Å². The zero-order valence-corrected chi connectivity index (χ0v) is 7.53. The molecule has 0 fully saturated rings. The van der Waals surface area contributed by atoms with E-state index in [4.69, 9.17) is 0 Å². The highest BCUT2D eigenvalue weighted by Crippen LogP contribution is 2.06. The monoisotopic (exact) mass is 180 g/mol. The third-order valence-electron chi connectivity index (χ3n) is 1.93. The van der Waals surface area contributed by atoms with E-state index in [-0.39, 0.29) is 5.78 Å². The molecule has 0 amide bonds. The van der Waals surface area contributed by atoms with Gasteiger partial charge < -0.3 is 0 Å². The van der Waals surface area contributed by atoms with Crippen LogP contribution in [0.15, 0.2) is 48.5 Å². The van der Waals surface area contributed by atoms with Crippen LogP contribution in [0.25, 0.3) is 0 Å². The number of carbonyl (C=O) groups is 1. The summed E-state index contributed by atoms with van der Waals surface area (Å²) in [4.78, 5) is 11.8. The van der Waals surface area contributed by atoms with Crippen molar-refractivity contribution >= 4 is 5.78 Å². The second-order valence-electron chi connectivity index (χ2n) is 2.90. The fourth-order valence-corrected chi connectivity index (χ4v) is 1.23. The summed E-state index contributed by atoms with van der Waals surface area (Å²) in [5.74, 6) is -0.0116. The molecule has 0 spiro atoms. The van der Waals surface area contributed by atoms with Crippen LogP contribution in [0.4, 0.5) is 0 Å². The van der Waals surface area contributed by atoms with Gasteiger partial charge in [-0.25, -0.2) is 0 Å². The largest absolute Gasteiger partial charge is 0.288 e. The average molecular weight is 180 g/mol. The lowest BCUT2D eigenvalue weighted by atomic mass is 10.1. The highest BCUT2D eigenvalue weighted by molar-refractivity contribution is 6.08. The molecule has 0 N–H and O–H groups in total. The Labute approximate surface area is 83.0 Å². The van der Waals surface area contributed by atoms with E-state index in [2.05, 4.69) is 12.1 Å². The summed E-state index contributed by atoms with van der Waals surface area (Å²) in [6.07, 6.45) is 0. The zero-order valence-electron chi connectivity index (χ0n) is 7.53. The normalized spacial score (nSPS) is 9.14. The number of rotatable bonds is 2. The molecule has 0 aliphatic carbocycles. The Hall–Kier alpha value is -2.07. The smallest absolute Gasteiger partial charge is 0.201 e. The van der Waals surface area contributed by atoms with Gasteiger partial charge in [-0.15, -0.1) is 0 Å². The lowest BCUT2D eigenvalue weighted by Crippen LogP contribution is -1.99. The van der Waals surface area contributed by atoms with Crippen molar-refractivity contribution in [1.82, 2.24) is 0 Å². The molecular formula is C13H8O. The molecule has 2 aromatic carbocycles. The van der Waals surface area contributed by atoms with Gasteiger partial charge in [0.25, 0.3) is 0 Å². The molecule has 1 heteroatoms. The molecule has 0 aromatic heterocycles. The van der Waals surface area contributed by atoms with Gasteiger partial charge in [-0.05, 0) is 12.1 Å². The van der Waals surface area contributed by atoms with E-state index in [9.17, 15) is 4.79 Å². The maximum atomic E-state index is 11.8. The van der Waals surface area contributed by atoms with E-state index in [1.54, 1.807) is 30.3 Å². The number of hydrogen-bond acceptors (Lipinski definition) is 1. The van der Waals surface area contributed by atoms with Crippen molar-refractivity contribution in [3.05, 3.63) is 71.8 Å². The van der Waals surface area contributed by atoms with Crippen LogP contribution in [0.3, 0.4) is 0 Å². The fraction of sp³-hybridized carbons (Fsp3) is 0. The Balaban J connectivity index is 2.35. The summed E-state index contributed by atoms with van der Waals surface area (Å²) in [5.41, 5.74) is 1.24. The van der Waals surface area contributed by atoms with Crippen molar-refractivity contribution < 1.29 is 4.79 Å². The van der Waals surface area contributed by atoms with Crippen molar-refractivity contribution in [2.45, 2.75) is 0 Å². The fourth-order valence-electron chi connectivity index (χ4n) is 1.23. The van der Waals surface area contributed by atoms with E-state index in [1.807, 2.05) is 18.2 Å². The van der Waals surface area contributed by atoms with Crippen molar-refractivity contribution in [3.63, 3.8) is 0 Å². The molecule has 2 rings (SSSR count). The van der Waals surface area contributed by atoms with Crippen LogP contribution in [0.1, 0.15) is 15.9 Å². The summed E-state index contributed by atoms with van der Waals surface area (Å²) < 4.78 is 0. The van der Waals surface area contributed by atoms with Gasteiger partial charge in [-0.1, -0.05) is 48.5 Å². The lowest BCUT2D eigenvalue weighted by Gasteiger charge is -1.96. The molecule has 1 nitrogen and oxygen atoms in total. The molecule has 0 aliphatic rings. The average Bonchev–Trinajstić information content (AvgIpc) is 2.30. The third kappa shape index (κ3) is 1.65. The van der Waals surface area contributed by atoms with Crippen LogP contribution < -0.4 is 0 Å². The van der Waals surface area contributed by atoms with Gasteiger partial charge in [0.15, 0.2) is 0 Å². The maximum Gasteiger partial charge on any atom is 0.201 e. The van der Waals surface area contributed by atoms with Crippen molar-refractivity contribution in [3.8, 4) is 0 Å². The summed E-state index contributed by atoms with van der Waals surface area (Å²) in [6.45, 7) is 0. The zero-order chi connectivity index (χ0) is 9.80. The van der Waals surface area contributed by atoms with Gasteiger partial charge >= 0.3 is 0 Å². The summed E-state index contributed by atoms with van der Waals surface area (Å²) in [7, 11) is 0. The third-order valence-corrected chi connectivity index (χ3v) is 1.93. The minimum atomic E-state index is -0.0116. The molecule has 2 aromatic rings. The SMILES string of the molecule is O=C(c1c#cccc1)c1ccccc1. The molecule has 0 atom stereocenters. The van der Waals surface area contributed by atoms with Crippen LogP contribution in [0.2, 0.25) is 0 Å². The van der Waals surface area contributed by atoms with E-state index in [0.717, 1.165) is 0 Å². The molecule has 0 saturated heterocycles. The number of benzene rings is 1. The lowest BCUT2D eigenvalue weighted by molar-refractivity contribution is 0.103. The molecule has 0 heterocycles. The first kappa shape index (κ1) is 8.52. The predicted octanol–water partition coefficient (Wildman–Crippen LogP) is 2.52. The predicted molar refractivity (Wildman–Crippen MR) is 54.0 cm³/mol. The van der Waals surface area contributed by atoms with E-state index < -0.39 is 0 Å². The molecule has 0 radical (unpaired) electrons. The van der Waals surface area contributed by atoms with Gasteiger partial charge in [0.1, 0.15) is 0 Å². The van der Waals surface area contributed by atoms with E-state index in [0.29, 0.717) is 11.1 Å². The van der Waals surface area contributed by atoms with Gasteiger partial charge in [-0.2, -0.15) is 0 Å². The van der Waals surface area contributed by atoms with Crippen molar-refractivity contribution in [2.75, 3.05) is 0 Å². The van der Waals surface area contributed by atoms with Gasteiger partial charge in [0.2, 0.25) is 5.78 Å². The van der Waals surface area contributed by atoms with Gasteiger partial charge in [0, 0.05) is 5.56 Å². The van der Waals surface area contributed by atoms with Crippen molar-refractivity contribution in [1.29, 1.82) is 0 Å². The second kappa shape index (κ2) is 3.76. The van der Waals surface area contributed by atoms with Crippen LogP contribution in [0, 0.1) is 12.1 Å². The van der Waals surface area contributed by atoms with Crippen LogP contribution in [0.5, 0.6) is 0 Å². The summed E-state index contributed by atoms with van der Waals surface area (Å²) >= 11 is 0. The number of ketones is 1. The molecule has 0 aliphatic heterocycles. The molecule has 0 unspecified atom stereocenters. The first-order valence-electron chi connectivity index (χ1n) is 4.36. The highest BCUT2D eigenvalue weighted by Gasteiger charge is 2.06. The van der Waals surface area contributed by atoms with Crippen molar-refractivity contribution in [2.24, 2.45) is 0 Å². The van der Waals surface area contributed by atoms with Gasteiger partial charge in [0.05, 0.1) is 5.56 Å². The number of hydrogen-bond donors (Lipinski definition) is 0. The minimum Gasteiger partial charge on any atom is -0.288 e. The highest BCUT2D eigenvalue weighted by atomic mass is 16.1. The topological polar surface area (TPSA) is 17.1 Å².